The molecular formula is C18H20N4O3. The molecule has 0 aromatic heterocycles. The molecule has 1 aromatic rings. The fraction of sp³-hybridized carbons (Fsp3) is 0.444. The largest absolute Gasteiger partial charge is 0.340 e. The highest BCUT2D eigenvalue weighted by molar-refractivity contribution is 6.39. The van der Waals surface area contributed by atoms with Gasteiger partial charge in [-0.1, -0.05) is 6.07 Å². The van der Waals surface area contributed by atoms with E-state index in [-0.39, 0.29) is 11.9 Å². The van der Waals surface area contributed by atoms with Crippen LogP contribution in [0.2, 0.25) is 0 Å². The van der Waals surface area contributed by atoms with Crippen molar-refractivity contribution in [3.63, 3.8) is 0 Å². The summed E-state index contributed by atoms with van der Waals surface area (Å²) in [6.07, 6.45) is 2.93. The Hall–Kier alpha value is -2.88. The first-order valence-corrected chi connectivity index (χ1v) is 8.48. The van der Waals surface area contributed by atoms with Gasteiger partial charge < -0.3 is 15.1 Å². The highest BCUT2D eigenvalue weighted by Crippen LogP contribution is 2.22. The topological polar surface area (TPSA) is 93.5 Å². The summed E-state index contributed by atoms with van der Waals surface area (Å²) in [6.45, 7) is 1.74. The minimum absolute atomic E-state index is 0.175. The number of hydrogen-bond acceptors (Lipinski definition) is 4. The summed E-state index contributed by atoms with van der Waals surface area (Å²) in [7, 11) is 0. The maximum atomic E-state index is 12.3. The molecule has 0 saturated carbocycles. The van der Waals surface area contributed by atoms with E-state index in [0.717, 1.165) is 13.0 Å². The van der Waals surface area contributed by atoms with E-state index in [4.69, 9.17) is 5.26 Å². The summed E-state index contributed by atoms with van der Waals surface area (Å²) in [4.78, 5) is 39.7. The minimum Gasteiger partial charge on any atom is -0.340 e. The fourth-order valence-electron chi connectivity index (χ4n) is 3.43. The molecule has 7 nitrogen and oxygen atoms in total. The Morgan fingerprint density at radius 3 is 2.60 bits per heavy atom. The molecule has 2 aliphatic heterocycles. The Labute approximate surface area is 146 Å². The Morgan fingerprint density at radius 2 is 1.96 bits per heavy atom. The smallest absolute Gasteiger partial charge is 0.313 e. The summed E-state index contributed by atoms with van der Waals surface area (Å²) in [5.41, 5.74) is 0.844. The van der Waals surface area contributed by atoms with Crippen molar-refractivity contribution in [1.29, 1.82) is 5.26 Å². The number of benzene rings is 1. The second-order valence-corrected chi connectivity index (χ2v) is 6.36. The molecule has 0 atom stereocenters. The van der Waals surface area contributed by atoms with Gasteiger partial charge in [0.2, 0.25) is 5.91 Å². The third kappa shape index (κ3) is 3.79. The summed E-state index contributed by atoms with van der Waals surface area (Å²) in [5.74, 6) is -1.08. The second kappa shape index (κ2) is 7.34. The Kier molecular flexibility index (Phi) is 4.98. The molecule has 0 spiro atoms. The molecule has 2 saturated heterocycles. The maximum absolute atomic E-state index is 12.3. The van der Waals surface area contributed by atoms with Crippen LogP contribution in [0.5, 0.6) is 0 Å². The number of piperidine rings is 1. The van der Waals surface area contributed by atoms with E-state index in [2.05, 4.69) is 5.32 Å². The van der Waals surface area contributed by atoms with E-state index in [0.29, 0.717) is 43.6 Å². The molecule has 2 aliphatic rings. The quantitative estimate of drug-likeness (QED) is 0.816. The molecule has 0 radical (unpaired) electrons. The van der Waals surface area contributed by atoms with Crippen molar-refractivity contribution >= 4 is 23.4 Å². The summed E-state index contributed by atoms with van der Waals surface area (Å²) >= 11 is 0. The molecule has 7 heteroatoms. The van der Waals surface area contributed by atoms with Gasteiger partial charge in [-0.05, 0) is 37.5 Å². The van der Waals surface area contributed by atoms with Crippen molar-refractivity contribution < 1.29 is 14.4 Å². The van der Waals surface area contributed by atoms with Crippen molar-refractivity contribution in [1.82, 2.24) is 9.80 Å². The Bertz CT molecular complexity index is 732. The number of amides is 3. The zero-order valence-corrected chi connectivity index (χ0v) is 13.9. The molecule has 0 unspecified atom stereocenters. The molecule has 2 fully saturated rings. The van der Waals surface area contributed by atoms with Gasteiger partial charge in [-0.25, -0.2) is 0 Å². The van der Waals surface area contributed by atoms with Crippen LogP contribution < -0.4 is 5.32 Å². The highest BCUT2D eigenvalue weighted by Gasteiger charge is 2.33. The second-order valence-electron chi connectivity index (χ2n) is 6.36. The van der Waals surface area contributed by atoms with Crippen LogP contribution in [-0.4, -0.2) is 53.2 Å². The number of nitrogens with zero attached hydrogens (tertiary/aromatic N) is 3. The standard InChI is InChI=1S/C18H20N4O3/c19-12-13-3-1-4-14(11-13)20-17(24)18(25)21-9-6-15(7-10-21)22-8-2-5-16(22)23/h1,3-4,11,15H,2,5-10H2,(H,20,24). The van der Waals surface area contributed by atoms with Crippen LogP contribution in [0, 0.1) is 11.3 Å². The van der Waals surface area contributed by atoms with Gasteiger partial charge >= 0.3 is 11.8 Å². The zero-order valence-electron chi connectivity index (χ0n) is 13.9. The summed E-state index contributed by atoms with van der Waals surface area (Å²) < 4.78 is 0. The van der Waals surface area contributed by atoms with Crippen molar-refractivity contribution in [2.24, 2.45) is 0 Å². The Morgan fingerprint density at radius 1 is 1.20 bits per heavy atom. The SMILES string of the molecule is N#Cc1cccc(NC(=O)C(=O)N2CCC(N3CCCC3=O)CC2)c1. The zero-order chi connectivity index (χ0) is 17.8. The van der Waals surface area contributed by atoms with Crippen molar-refractivity contribution in [3.05, 3.63) is 29.8 Å². The number of nitrogens with one attached hydrogen (secondary N) is 1. The van der Waals surface area contributed by atoms with E-state index in [1.165, 1.54) is 11.0 Å². The van der Waals surface area contributed by atoms with Crippen molar-refractivity contribution in [2.75, 3.05) is 25.0 Å². The molecule has 2 heterocycles. The number of carbonyl (C=O) groups excluding carboxylic acids is 3. The lowest BCUT2D eigenvalue weighted by Crippen LogP contribution is -2.49. The third-order valence-corrected chi connectivity index (χ3v) is 4.75. The predicted molar refractivity (Wildman–Crippen MR) is 90.3 cm³/mol. The lowest BCUT2D eigenvalue weighted by Gasteiger charge is -2.36. The molecule has 0 bridgehead atoms. The molecule has 1 N–H and O–H groups in total. The fourth-order valence-corrected chi connectivity index (χ4v) is 3.43. The maximum Gasteiger partial charge on any atom is 0.313 e. The van der Waals surface area contributed by atoms with Crippen LogP contribution in [0.4, 0.5) is 5.69 Å². The van der Waals surface area contributed by atoms with E-state index < -0.39 is 11.8 Å². The molecule has 0 aliphatic carbocycles. The number of anilines is 1. The third-order valence-electron chi connectivity index (χ3n) is 4.75. The van der Waals surface area contributed by atoms with Crippen LogP contribution in [0.1, 0.15) is 31.2 Å². The molecule has 130 valence electrons. The average molecular weight is 340 g/mol. The monoisotopic (exact) mass is 340 g/mol. The first kappa shape index (κ1) is 17.0. The minimum atomic E-state index is -0.703. The summed E-state index contributed by atoms with van der Waals surface area (Å²) in [5, 5.41) is 11.4. The lowest BCUT2D eigenvalue weighted by atomic mass is 10.0. The van der Waals surface area contributed by atoms with E-state index in [9.17, 15) is 14.4 Å². The van der Waals surface area contributed by atoms with Gasteiger partial charge in [0.15, 0.2) is 0 Å². The van der Waals surface area contributed by atoms with E-state index in [1.54, 1.807) is 18.2 Å². The Balaban J connectivity index is 1.54. The van der Waals surface area contributed by atoms with Crippen LogP contribution in [0.3, 0.4) is 0 Å². The van der Waals surface area contributed by atoms with E-state index in [1.807, 2.05) is 11.0 Å². The van der Waals surface area contributed by atoms with Gasteiger partial charge in [-0.15, -0.1) is 0 Å². The number of hydrogen-bond donors (Lipinski definition) is 1. The average Bonchev–Trinajstić information content (AvgIpc) is 3.07. The lowest BCUT2D eigenvalue weighted by molar-refractivity contribution is -0.144. The number of nitriles is 1. The first-order chi connectivity index (χ1) is 12.1. The van der Waals surface area contributed by atoms with Gasteiger partial charge in [-0.3, -0.25) is 14.4 Å². The molecular weight excluding hydrogens is 320 g/mol. The van der Waals surface area contributed by atoms with Crippen LogP contribution in [-0.2, 0) is 14.4 Å². The predicted octanol–water partition coefficient (Wildman–Crippen LogP) is 1.11. The van der Waals surface area contributed by atoms with Crippen LogP contribution in [0.15, 0.2) is 24.3 Å². The van der Waals surface area contributed by atoms with Crippen molar-refractivity contribution in [3.8, 4) is 6.07 Å². The number of likely N-dealkylation sites (tertiary alicyclic amines) is 2. The van der Waals surface area contributed by atoms with Gasteiger partial charge in [0.05, 0.1) is 11.6 Å². The molecule has 3 amide bonds. The molecule has 25 heavy (non-hydrogen) atoms. The normalized spacial score (nSPS) is 18.1. The molecule has 1 aromatic carbocycles. The molecule has 3 rings (SSSR count). The number of rotatable bonds is 2. The van der Waals surface area contributed by atoms with Gasteiger partial charge in [-0.2, -0.15) is 5.26 Å². The van der Waals surface area contributed by atoms with Crippen LogP contribution >= 0.6 is 0 Å². The van der Waals surface area contributed by atoms with Gasteiger partial charge in [0.1, 0.15) is 0 Å². The van der Waals surface area contributed by atoms with Gasteiger partial charge in [0, 0.05) is 37.8 Å². The van der Waals surface area contributed by atoms with Crippen molar-refractivity contribution in [2.45, 2.75) is 31.7 Å². The highest BCUT2D eigenvalue weighted by atomic mass is 16.2. The first-order valence-electron chi connectivity index (χ1n) is 8.48. The van der Waals surface area contributed by atoms with Gasteiger partial charge in [0.25, 0.3) is 0 Å². The number of carbonyl (C=O) groups is 3. The van der Waals surface area contributed by atoms with Crippen LogP contribution in [0.25, 0.3) is 0 Å². The summed E-state index contributed by atoms with van der Waals surface area (Å²) in [6, 6.07) is 8.60. The van der Waals surface area contributed by atoms with E-state index >= 15 is 0 Å².